The largest absolute Gasteiger partial charge is 0.462 e. The molecule has 6 atom stereocenters. The van der Waals surface area contributed by atoms with Crippen molar-refractivity contribution in [1.29, 1.82) is 0 Å². The van der Waals surface area contributed by atoms with Gasteiger partial charge in [0.05, 0.1) is 16.9 Å². The third-order valence-electron chi connectivity index (χ3n) is 6.98. The van der Waals surface area contributed by atoms with Gasteiger partial charge in [-0.15, -0.1) is 0 Å². The second kappa shape index (κ2) is 3.12. The van der Waals surface area contributed by atoms with Crippen molar-refractivity contribution in [3.63, 3.8) is 0 Å². The summed E-state index contributed by atoms with van der Waals surface area (Å²) in [5.41, 5.74) is -0.604. The molecule has 0 aromatic heterocycles. The fourth-order valence-electron chi connectivity index (χ4n) is 6.53. The first kappa shape index (κ1) is 11.4. The Morgan fingerprint density at radius 3 is 3.05 bits per heavy atom. The first-order valence-corrected chi connectivity index (χ1v) is 7.82. The summed E-state index contributed by atoms with van der Waals surface area (Å²) >= 11 is 0. The van der Waals surface area contributed by atoms with Gasteiger partial charge in [0.2, 0.25) is 0 Å². The predicted molar refractivity (Wildman–Crippen MR) is 70.5 cm³/mol. The third-order valence-corrected chi connectivity index (χ3v) is 6.98. The molecule has 2 saturated heterocycles. The van der Waals surface area contributed by atoms with Gasteiger partial charge in [0.15, 0.2) is 5.78 Å². The Bertz CT molecular complexity index is 570. The first-order valence-electron chi connectivity index (χ1n) is 7.82. The number of hydrogen-bond acceptors (Lipinski definition) is 4. The van der Waals surface area contributed by atoms with Crippen LogP contribution in [0.1, 0.15) is 32.6 Å². The van der Waals surface area contributed by atoms with Gasteiger partial charge < -0.3 is 9.64 Å². The molecule has 2 bridgehead atoms. The maximum absolute atomic E-state index is 12.9. The smallest absolute Gasteiger partial charge is 0.310 e. The summed E-state index contributed by atoms with van der Waals surface area (Å²) in [6.45, 7) is 3.17. The minimum Gasteiger partial charge on any atom is -0.462 e. The van der Waals surface area contributed by atoms with Gasteiger partial charge >= 0.3 is 5.97 Å². The molecule has 1 spiro atoms. The summed E-state index contributed by atoms with van der Waals surface area (Å²) in [5.74, 6) is 0.509. The Balaban J connectivity index is 1.81. The van der Waals surface area contributed by atoms with Crippen LogP contribution in [0.4, 0.5) is 0 Å². The number of allylic oxidation sites excluding steroid dienone is 1. The lowest BCUT2D eigenvalue weighted by Crippen LogP contribution is -2.82. The summed E-state index contributed by atoms with van der Waals surface area (Å²) < 4.78 is 5.68. The molecule has 4 heteroatoms. The summed E-state index contributed by atoms with van der Waals surface area (Å²) in [4.78, 5) is 27.6. The summed E-state index contributed by atoms with van der Waals surface area (Å²) in [7, 11) is 0. The number of ketones is 1. The van der Waals surface area contributed by atoms with Gasteiger partial charge in [-0.1, -0.05) is 6.92 Å². The van der Waals surface area contributed by atoms with Gasteiger partial charge in [-0.05, 0) is 37.7 Å². The average Bonchev–Trinajstić information content (AvgIpc) is 2.76. The molecule has 0 amide bonds. The molecule has 3 heterocycles. The molecule has 2 aliphatic carbocycles. The lowest BCUT2D eigenvalue weighted by molar-refractivity contribution is -0.236. The Labute approximate surface area is 118 Å². The normalized spacial score (nSPS) is 55.0. The molecule has 4 nitrogen and oxygen atoms in total. The maximum atomic E-state index is 12.9. The predicted octanol–water partition coefficient (Wildman–Crippen LogP) is 1.51. The molecule has 0 radical (unpaired) electrons. The quantitative estimate of drug-likeness (QED) is 0.628. The average molecular weight is 273 g/mol. The zero-order chi connectivity index (χ0) is 13.7. The highest BCUT2D eigenvalue weighted by Crippen LogP contribution is 2.73. The zero-order valence-corrected chi connectivity index (χ0v) is 11.7. The highest BCUT2D eigenvalue weighted by molar-refractivity contribution is 6.02. The van der Waals surface area contributed by atoms with Crippen LogP contribution in [0.25, 0.3) is 0 Å². The summed E-state index contributed by atoms with van der Waals surface area (Å²) in [6, 6.07) is 0. The second-order valence-electron chi connectivity index (χ2n) is 7.28. The molecule has 0 aromatic rings. The van der Waals surface area contributed by atoms with E-state index in [9.17, 15) is 9.59 Å². The molecular weight excluding hydrogens is 254 g/mol. The number of carbonyl (C=O) groups excluding carboxylic acids is 2. The van der Waals surface area contributed by atoms with E-state index in [0.717, 1.165) is 32.2 Å². The van der Waals surface area contributed by atoms with Crippen molar-refractivity contribution in [3.05, 3.63) is 12.3 Å². The van der Waals surface area contributed by atoms with Gasteiger partial charge in [0.25, 0.3) is 0 Å². The van der Waals surface area contributed by atoms with Crippen molar-refractivity contribution in [2.45, 2.75) is 44.2 Å². The van der Waals surface area contributed by atoms with Gasteiger partial charge in [0, 0.05) is 18.7 Å². The Hall–Kier alpha value is -1.32. The van der Waals surface area contributed by atoms with E-state index in [1.165, 1.54) is 0 Å². The summed E-state index contributed by atoms with van der Waals surface area (Å²) in [6.07, 6.45) is 7.80. The molecular formula is C16H19NO3. The van der Waals surface area contributed by atoms with E-state index in [4.69, 9.17) is 4.74 Å². The van der Waals surface area contributed by atoms with Crippen molar-refractivity contribution in [2.75, 3.05) is 6.54 Å². The lowest BCUT2D eigenvalue weighted by atomic mass is 9.34. The Kier molecular flexibility index (Phi) is 1.77. The second-order valence-corrected chi connectivity index (χ2v) is 7.28. The minimum atomic E-state index is -0.489. The summed E-state index contributed by atoms with van der Waals surface area (Å²) in [5, 5.41) is 0. The molecule has 5 rings (SSSR count). The van der Waals surface area contributed by atoms with Gasteiger partial charge in [0.1, 0.15) is 6.10 Å². The molecule has 106 valence electrons. The van der Waals surface area contributed by atoms with Crippen molar-refractivity contribution in [2.24, 2.45) is 23.2 Å². The van der Waals surface area contributed by atoms with E-state index in [1.54, 1.807) is 6.08 Å². The van der Waals surface area contributed by atoms with Crippen LogP contribution in [-0.2, 0) is 14.3 Å². The molecule has 3 aliphatic heterocycles. The molecule has 5 aliphatic rings. The molecule has 4 fully saturated rings. The van der Waals surface area contributed by atoms with Gasteiger partial charge in [-0.3, -0.25) is 9.59 Å². The molecule has 0 unspecified atom stereocenters. The van der Waals surface area contributed by atoms with Crippen molar-refractivity contribution in [3.8, 4) is 0 Å². The van der Waals surface area contributed by atoms with Crippen molar-refractivity contribution in [1.82, 2.24) is 4.90 Å². The highest BCUT2D eigenvalue weighted by atomic mass is 16.6. The number of rotatable bonds is 0. The van der Waals surface area contributed by atoms with Crippen LogP contribution in [0.3, 0.4) is 0 Å². The fourth-order valence-corrected chi connectivity index (χ4v) is 6.53. The number of nitrogens with zero attached hydrogens (tertiary/aromatic N) is 1. The van der Waals surface area contributed by atoms with E-state index in [1.807, 2.05) is 6.20 Å². The lowest BCUT2D eigenvalue weighted by Gasteiger charge is -2.74. The topological polar surface area (TPSA) is 46.6 Å². The van der Waals surface area contributed by atoms with Crippen LogP contribution in [0, 0.1) is 23.2 Å². The molecule has 2 saturated carbocycles. The van der Waals surface area contributed by atoms with Gasteiger partial charge in [-0.25, -0.2) is 0 Å². The molecule has 0 aromatic carbocycles. The number of ether oxygens (including phenoxy) is 1. The monoisotopic (exact) mass is 273 g/mol. The van der Waals surface area contributed by atoms with Crippen LogP contribution >= 0.6 is 0 Å². The SMILES string of the molecule is C[C@@H]1C[C@@]23[C@@H]4CCCN2C=CC(=O)[C@@]13[C@@H]1C[C@H]4OC1=O. The standard InChI is InChI=1S/C16H19NO3/c1-9-8-15-10-3-2-5-17(15)6-4-13(18)16(9,15)11-7-12(10)20-14(11)19/h4,6,9-12H,2-3,5,7-8H2,1H3/t9-,10-,11-,12-,15+,16+/m1/s1. The van der Waals surface area contributed by atoms with E-state index in [-0.39, 0.29) is 29.3 Å². The molecule has 20 heavy (non-hydrogen) atoms. The number of fused-ring (bicyclic) bond motifs is 3. The van der Waals surface area contributed by atoms with Crippen molar-refractivity contribution < 1.29 is 14.3 Å². The minimum absolute atomic E-state index is 0.0511. The number of esters is 1. The maximum Gasteiger partial charge on any atom is 0.310 e. The van der Waals surface area contributed by atoms with E-state index < -0.39 is 5.41 Å². The van der Waals surface area contributed by atoms with E-state index in [0.29, 0.717) is 11.8 Å². The van der Waals surface area contributed by atoms with Crippen LogP contribution < -0.4 is 0 Å². The van der Waals surface area contributed by atoms with Crippen LogP contribution in [0.15, 0.2) is 12.3 Å². The van der Waals surface area contributed by atoms with Crippen LogP contribution in [-0.4, -0.2) is 34.8 Å². The van der Waals surface area contributed by atoms with Crippen LogP contribution in [0.5, 0.6) is 0 Å². The van der Waals surface area contributed by atoms with E-state index >= 15 is 0 Å². The molecule has 0 N–H and O–H groups in total. The highest BCUT2D eigenvalue weighted by Gasteiger charge is 2.82. The first-order chi connectivity index (χ1) is 9.62. The fraction of sp³-hybridized carbons (Fsp3) is 0.750. The van der Waals surface area contributed by atoms with Gasteiger partial charge in [-0.2, -0.15) is 0 Å². The zero-order valence-electron chi connectivity index (χ0n) is 11.7. The van der Waals surface area contributed by atoms with E-state index in [2.05, 4.69) is 11.8 Å². The van der Waals surface area contributed by atoms with Crippen LogP contribution in [0.2, 0.25) is 0 Å². The Morgan fingerprint density at radius 1 is 1.40 bits per heavy atom. The third kappa shape index (κ3) is 0.845. The Morgan fingerprint density at radius 2 is 2.25 bits per heavy atom. The van der Waals surface area contributed by atoms with Crippen molar-refractivity contribution >= 4 is 11.8 Å². The number of piperidine rings is 1. The number of hydrogen-bond donors (Lipinski definition) is 0. The number of carbonyl (C=O) groups is 2.